The van der Waals surface area contributed by atoms with Gasteiger partial charge in [-0.25, -0.2) is 13.4 Å². The number of hydrogen-bond acceptors (Lipinski definition) is 9. The number of ether oxygens (including phenoxy) is 1. The van der Waals surface area contributed by atoms with Crippen LogP contribution >= 0.6 is 0 Å². The second-order valence-electron chi connectivity index (χ2n) is 7.58. The van der Waals surface area contributed by atoms with Gasteiger partial charge in [0.05, 0.1) is 18.3 Å². The molecule has 0 fully saturated rings. The zero-order valence-electron chi connectivity index (χ0n) is 19.9. The predicted molar refractivity (Wildman–Crippen MR) is 127 cm³/mol. The van der Waals surface area contributed by atoms with Gasteiger partial charge in [-0.1, -0.05) is 29.4 Å². The minimum absolute atomic E-state index is 0. The first-order valence-corrected chi connectivity index (χ1v) is 12.0. The van der Waals surface area contributed by atoms with Crippen LogP contribution < -0.4 is 61.4 Å². The van der Waals surface area contributed by atoms with Gasteiger partial charge in [-0.3, -0.25) is 0 Å². The Kier molecular flexibility index (Phi) is 9.26. The Morgan fingerprint density at radius 2 is 1.83 bits per heavy atom. The van der Waals surface area contributed by atoms with Gasteiger partial charge >= 0.3 is 51.4 Å². The van der Waals surface area contributed by atoms with Crippen LogP contribution in [0.4, 0.5) is 17.3 Å². The molecule has 0 amide bonds. The number of sulfonamides is 1. The van der Waals surface area contributed by atoms with E-state index in [-0.39, 0.29) is 86.0 Å². The normalized spacial score (nSPS) is 11.2. The molecule has 0 aliphatic rings. The molecular formula is C23H24KN5O5S. The Morgan fingerprint density at radius 1 is 1.11 bits per heavy atom. The summed E-state index contributed by atoms with van der Waals surface area (Å²) in [6.45, 7) is 3.09. The monoisotopic (exact) mass is 521 g/mol. The van der Waals surface area contributed by atoms with Crippen LogP contribution in [0.3, 0.4) is 0 Å². The number of fused-ring (bicyclic) bond motifs is 1. The third-order valence-corrected chi connectivity index (χ3v) is 6.67. The number of aliphatic hydroxyl groups is 1. The first-order chi connectivity index (χ1) is 16.3. The zero-order chi connectivity index (χ0) is 24.3. The number of methoxy groups -OCH3 is 1. The van der Waals surface area contributed by atoms with Crippen molar-refractivity contribution in [2.75, 3.05) is 19.0 Å². The maximum Gasteiger partial charge on any atom is 1.00 e. The van der Waals surface area contributed by atoms with E-state index in [0.29, 0.717) is 35.3 Å². The van der Waals surface area contributed by atoms with Gasteiger partial charge in [0.25, 0.3) is 0 Å². The summed E-state index contributed by atoms with van der Waals surface area (Å²) < 4.78 is 40.7. The standard InChI is InChI=1S/C23H24N5O5S.K/c1-14-21(15(2)33-27-14)34(30,31)28-23-22(24-18-8-4-5-9-19(18)25-23)26-20-13-17(32-3)11-10-16(20)7-6-12-29;/h4-5,8-11,13,29H,6-7,12H2,1-3H3,(H-,24,25,26,28);/q-1;+1. The van der Waals surface area contributed by atoms with Gasteiger partial charge in [0.1, 0.15) is 16.5 Å². The second-order valence-corrected chi connectivity index (χ2v) is 9.12. The van der Waals surface area contributed by atoms with E-state index in [0.717, 1.165) is 5.56 Å². The number of benzene rings is 2. The smallest absolute Gasteiger partial charge is 0.497 e. The molecule has 4 rings (SSSR count). The van der Waals surface area contributed by atoms with E-state index in [9.17, 15) is 13.5 Å². The molecule has 2 heterocycles. The van der Waals surface area contributed by atoms with E-state index >= 15 is 0 Å². The summed E-state index contributed by atoms with van der Waals surface area (Å²) >= 11 is 0. The van der Waals surface area contributed by atoms with E-state index in [1.165, 1.54) is 13.8 Å². The van der Waals surface area contributed by atoms with Crippen LogP contribution in [-0.2, 0) is 16.4 Å². The largest absolute Gasteiger partial charge is 1.00 e. The fourth-order valence-electron chi connectivity index (χ4n) is 3.55. The van der Waals surface area contributed by atoms with Gasteiger partial charge < -0.3 is 29.4 Å². The average molecular weight is 522 g/mol. The molecule has 2 aromatic carbocycles. The van der Waals surface area contributed by atoms with Crippen LogP contribution in [0, 0.1) is 13.8 Å². The number of hydrogen-bond donors (Lipinski definition) is 2. The van der Waals surface area contributed by atoms with Crippen LogP contribution in [0.1, 0.15) is 23.4 Å². The summed E-state index contributed by atoms with van der Waals surface area (Å²) in [4.78, 5) is 8.96. The van der Waals surface area contributed by atoms with Crippen molar-refractivity contribution in [3.05, 3.63) is 64.2 Å². The molecule has 0 unspecified atom stereocenters. The van der Waals surface area contributed by atoms with Crippen molar-refractivity contribution in [1.29, 1.82) is 0 Å². The maximum absolute atomic E-state index is 13.1. The van der Waals surface area contributed by atoms with Gasteiger partial charge in [0.15, 0.2) is 5.76 Å². The van der Waals surface area contributed by atoms with Gasteiger partial charge in [-0.2, -0.15) is 0 Å². The topological polar surface area (TPSA) is 142 Å². The van der Waals surface area contributed by atoms with Crippen molar-refractivity contribution >= 4 is 38.4 Å². The number of nitrogens with zero attached hydrogens (tertiary/aromatic N) is 4. The minimum Gasteiger partial charge on any atom is -0.497 e. The summed E-state index contributed by atoms with van der Waals surface area (Å²) in [6.07, 6.45) is 1.15. The summed E-state index contributed by atoms with van der Waals surface area (Å²) in [5.41, 5.74) is 2.81. The van der Waals surface area contributed by atoms with Crippen molar-refractivity contribution in [2.45, 2.75) is 31.6 Å². The maximum atomic E-state index is 13.1. The number of nitrogens with one attached hydrogen (secondary N) is 1. The molecule has 0 radical (unpaired) electrons. The Hall–Kier alpha value is -2.06. The number of aliphatic hydroxyl groups excluding tert-OH is 1. The van der Waals surface area contributed by atoms with Crippen LogP contribution in [0.15, 0.2) is 51.9 Å². The van der Waals surface area contributed by atoms with Gasteiger partial charge in [-0.15, -0.1) is 0 Å². The summed E-state index contributed by atoms with van der Waals surface area (Å²) in [5.74, 6) is 0.802. The first-order valence-electron chi connectivity index (χ1n) is 10.5. The fourth-order valence-corrected chi connectivity index (χ4v) is 4.81. The second kappa shape index (κ2) is 11.8. The van der Waals surface area contributed by atoms with E-state index < -0.39 is 10.0 Å². The molecule has 2 aromatic heterocycles. The molecule has 35 heavy (non-hydrogen) atoms. The molecule has 0 spiro atoms. The Bertz CT molecular complexity index is 1420. The Morgan fingerprint density at radius 3 is 2.46 bits per heavy atom. The van der Waals surface area contributed by atoms with Gasteiger partial charge in [0, 0.05) is 18.4 Å². The van der Waals surface area contributed by atoms with Crippen molar-refractivity contribution < 1.29 is 74.2 Å². The van der Waals surface area contributed by atoms with E-state index in [2.05, 4.69) is 25.2 Å². The van der Waals surface area contributed by atoms with Crippen LogP contribution in [0.2, 0.25) is 0 Å². The molecule has 4 aromatic rings. The molecule has 10 nitrogen and oxygen atoms in total. The molecule has 178 valence electrons. The molecule has 2 N–H and O–H groups in total. The molecule has 12 heteroatoms. The summed E-state index contributed by atoms with van der Waals surface area (Å²) in [6, 6.07) is 12.6. The number of anilines is 2. The van der Waals surface area contributed by atoms with Gasteiger partial charge in [-0.05, 0) is 55.7 Å². The third-order valence-electron chi connectivity index (χ3n) is 5.16. The van der Waals surface area contributed by atoms with Gasteiger partial charge in [0.2, 0.25) is 10.0 Å². The van der Waals surface area contributed by atoms with Crippen molar-refractivity contribution in [1.82, 2.24) is 15.1 Å². The van der Waals surface area contributed by atoms with Crippen molar-refractivity contribution in [3.8, 4) is 5.75 Å². The minimum atomic E-state index is -4.18. The number of aryl methyl sites for hydroxylation is 3. The summed E-state index contributed by atoms with van der Waals surface area (Å²) in [5, 5.41) is 16.2. The predicted octanol–water partition coefficient (Wildman–Crippen LogP) is 1.31. The number of para-hydroxylation sites is 2. The van der Waals surface area contributed by atoms with E-state index in [1.807, 2.05) is 18.2 Å². The molecule has 0 aliphatic heterocycles. The van der Waals surface area contributed by atoms with Crippen LogP contribution in [0.25, 0.3) is 15.8 Å². The molecular weight excluding hydrogens is 497 g/mol. The molecule has 0 aliphatic carbocycles. The Labute approximate surface area is 246 Å². The molecule has 0 saturated carbocycles. The average Bonchev–Trinajstić information content (AvgIpc) is 3.17. The summed E-state index contributed by atoms with van der Waals surface area (Å²) in [7, 11) is -2.63. The molecule has 0 atom stereocenters. The van der Waals surface area contributed by atoms with E-state index in [4.69, 9.17) is 9.26 Å². The van der Waals surface area contributed by atoms with Crippen molar-refractivity contribution in [3.63, 3.8) is 0 Å². The molecule has 0 saturated heterocycles. The third kappa shape index (κ3) is 6.20. The zero-order valence-corrected chi connectivity index (χ0v) is 23.9. The quantitative estimate of drug-likeness (QED) is 0.312. The number of rotatable bonds is 9. The van der Waals surface area contributed by atoms with E-state index in [1.54, 1.807) is 31.4 Å². The van der Waals surface area contributed by atoms with Crippen molar-refractivity contribution in [2.24, 2.45) is 0 Å². The molecule has 0 bridgehead atoms. The number of aromatic nitrogens is 3. The Balaban J connectivity index is 0.00000342. The fraction of sp³-hybridized carbons (Fsp3) is 0.261. The van der Waals surface area contributed by atoms with Crippen LogP contribution in [-0.4, -0.2) is 42.4 Å². The first kappa shape index (κ1) is 27.5. The SMILES string of the molecule is COc1ccc(CCCO)c(Nc2nc3ccccc3nc2[N-]S(=O)(=O)c2c(C)noc2C)c1.[K+]. The van der Waals surface area contributed by atoms with Crippen LogP contribution in [0.5, 0.6) is 5.75 Å².